The second kappa shape index (κ2) is 6.84. The molecule has 23 heavy (non-hydrogen) atoms. The second-order valence-corrected chi connectivity index (χ2v) is 7.93. The number of benzene rings is 1. The first-order valence-electron chi connectivity index (χ1n) is 7.49. The minimum absolute atomic E-state index is 0.110. The molecule has 1 aromatic heterocycles. The molecule has 1 fully saturated rings. The zero-order chi connectivity index (χ0) is 16.4. The maximum absolute atomic E-state index is 12.2. The van der Waals surface area contributed by atoms with Crippen LogP contribution < -0.4 is 4.90 Å². The van der Waals surface area contributed by atoms with Crippen LogP contribution in [0.2, 0.25) is 0 Å². The zero-order valence-electron chi connectivity index (χ0n) is 13.1. The molecule has 6 heteroatoms. The van der Waals surface area contributed by atoms with Gasteiger partial charge in [0, 0.05) is 42.3 Å². The van der Waals surface area contributed by atoms with Crippen LogP contribution >= 0.6 is 23.1 Å². The summed E-state index contributed by atoms with van der Waals surface area (Å²) in [5, 5.41) is 3.20. The monoisotopic (exact) mass is 346 g/mol. The molecule has 120 valence electrons. The SMILES string of the molecule is CC(=O)SCC1CC(=O)N(c2ccc(-c3csc(C)n3)cc2)C1. The molecule has 3 rings (SSSR count). The van der Waals surface area contributed by atoms with E-state index >= 15 is 0 Å². The third-order valence-corrected chi connectivity index (χ3v) is 5.64. The quantitative estimate of drug-likeness (QED) is 0.846. The summed E-state index contributed by atoms with van der Waals surface area (Å²) in [5.41, 5.74) is 2.96. The van der Waals surface area contributed by atoms with Crippen molar-refractivity contribution < 1.29 is 9.59 Å². The fraction of sp³-hybridized carbons (Fsp3) is 0.353. The van der Waals surface area contributed by atoms with E-state index in [0.29, 0.717) is 18.7 Å². The van der Waals surface area contributed by atoms with Gasteiger partial charge in [0.25, 0.3) is 0 Å². The molecule has 1 atom stereocenters. The van der Waals surface area contributed by atoms with E-state index in [2.05, 4.69) is 4.98 Å². The van der Waals surface area contributed by atoms with Crippen molar-refractivity contribution in [1.82, 2.24) is 4.98 Å². The van der Waals surface area contributed by atoms with Gasteiger partial charge in [-0.05, 0) is 25.0 Å². The molecule has 1 aliphatic rings. The third kappa shape index (κ3) is 3.82. The molecule has 4 nitrogen and oxygen atoms in total. The summed E-state index contributed by atoms with van der Waals surface area (Å²) in [7, 11) is 0. The molecule has 1 aliphatic heterocycles. The molecule has 1 aromatic carbocycles. The average molecular weight is 346 g/mol. The number of aromatic nitrogens is 1. The molecule has 1 amide bonds. The van der Waals surface area contributed by atoms with Crippen LogP contribution in [-0.2, 0) is 9.59 Å². The van der Waals surface area contributed by atoms with Gasteiger partial charge >= 0.3 is 0 Å². The summed E-state index contributed by atoms with van der Waals surface area (Å²) in [6.07, 6.45) is 0.521. The van der Waals surface area contributed by atoms with Crippen molar-refractivity contribution in [3.63, 3.8) is 0 Å². The topological polar surface area (TPSA) is 50.3 Å². The predicted molar refractivity (Wildman–Crippen MR) is 95.9 cm³/mol. The van der Waals surface area contributed by atoms with Gasteiger partial charge in [0.2, 0.25) is 5.91 Å². The van der Waals surface area contributed by atoms with Crippen molar-refractivity contribution in [3.8, 4) is 11.3 Å². The van der Waals surface area contributed by atoms with Crippen LogP contribution in [0.5, 0.6) is 0 Å². The van der Waals surface area contributed by atoms with E-state index in [0.717, 1.165) is 22.0 Å². The molecule has 2 heterocycles. The number of rotatable bonds is 4. The first-order valence-corrected chi connectivity index (χ1v) is 9.36. The van der Waals surface area contributed by atoms with E-state index in [1.54, 1.807) is 18.3 Å². The normalized spacial score (nSPS) is 17.7. The van der Waals surface area contributed by atoms with Crippen molar-refractivity contribution in [2.45, 2.75) is 20.3 Å². The molecular formula is C17H18N2O2S2. The van der Waals surface area contributed by atoms with Gasteiger partial charge in [0.15, 0.2) is 5.12 Å². The minimum atomic E-state index is 0.110. The Balaban J connectivity index is 1.69. The van der Waals surface area contributed by atoms with Crippen molar-refractivity contribution in [2.24, 2.45) is 5.92 Å². The number of amides is 1. The molecule has 0 aliphatic carbocycles. The van der Waals surface area contributed by atoms with Crippen molar-refractivity contribution >= 4 is 39.8 Å². The van der Waals surface area contributed by atoms with E-state index in [4.69, 9.17) is 0 Å². The first-order chi connectivity index (χ1) is 11.0. The maximum Gasteiger partial charge on any atom is 0.227 e. The van der Waals surface area contributed by atoms with Crippen LogP contribution in [-0.4, -0.2) is 28.3 Å². The molecule has 0 bridgehead atoms. The van der Waals surface area contributed by atoms with Gasteiger partial charge < -0.3 is 4.90 Å². The van der Waals surface area contributed by atoms with Crippen LogP contribution in [0.4, 0.5) is 5.69 Å². The Morgan fingerprint density at radius 2 is 2.13 bits per heavy atom. The predicted octanol–water partition coefficient (Wildman–Crippen LogP) is 3.75. The van der Waals surface area contributed by atoms with E-state index in [1.807, 2.05) is 41.5 Å². The number of aryl methyl sites for hydroxylation is 1. The highest BCUT2D eigenvalue weighted by molar-refractivity contribution is 8.13. The smallest absolute Gasteiger partial charge is 0.227 e. The van der Waals surface area contributed by atoms with Crippen molar-refractivity contribution in [2.75, 3.05) is 17.2 Å². The first kappa shape index (κ1) is 16.2. The number of thioether (sulfide) groups is 1. The summed E-state index contributed by atoms with van der Waals surface area (Å²) < 4.78 is 0. The Morgan fingerprint density at radius 1 is 1.39 bits per heavy atom. The number of nitrogens with zero attached hydrogens (tertiary/aromatic N) is 2. The van der Waals surface area contributed by atoms with Gasteiger partial charge in [-0.3, -0.25) is 9.59 Å². The molecule has 1 unspecified atom stereocenters. The number of hydrogen-bond acceptors (Lipinski definition) is 5. The van der Waals surface area contributed by atoms with Gasteiger partial charge in [-0.2, -0.15) is 0 Å². The molecular weight excluding hydrogens is 328 g/mol. The van der Waals surface area contributed by atoms with Crippen LogP contribution in [0.1, 0.15) is 18.4 Å². The fourth-order valence-corrected chi connectivity index (χ4v) is 4.00. The highest BCUT2D eigenvalue weighted by atomic mass is 32.2. The van der Waals surface area contributed by atoms with E-state index in [-0.39, 0.29) is 16.9 Å². The lowest BCUT2D eigenvalue weighted by Crippen LogP contribution is -2.24. The summed E-state index contributed by atoms with van der Waals surface area (Å²) in [4.78, 5) is 29.6. The largest absolute Gasteiger partial charge is 0.312 e. The summed E-state index contributed by atoms with van der Waals surface area (Å²) in [5.74, 6) is 1.10. The van der Waals surface area contributed by atoms with Gasteiger partial charge in [0.05, 0.1) is 10.7 Å². The summed E-state index contributed by atoms with van der Waals surface area (Å²) in [6, 6.07) is 7.97. The minimum Gasteiger partial charge on any atom is -0.312 e. The van der Waals surface area contributed by atoms with Crippen LogP contribution in [0.25, 0.3) is 11.3 Å². The van der Waals surface area contributed by atoms with Crippen LogP contribution in [0.3, 0.4) is 0 Å². The number of anilines is 1. The summed E-state index contributed by atoms with van der Waals surface area (Å²) >= 11 is 2.94. The lowest BCUT2D eigenvalue weighted by atomic mass is 10.1. The Kier molecular flexibility index (Phi) is 4.82. The summed E-state index contributed by atoms with van der Waals surface area (Å²) in [6.45, 7) is 4.25. The average Bonchev–Trinajstić information content (AvgIpc) is 3.11. The van der Waals surface area contributed by atoms with Gasteiger partial charge in [-0.1, -0.05) is 23.9 Å². The second-order valence-electron chi connectivity index (χ2n) is 5.68. The van der Waals surface area contributed by atoms with Crippen molar-refractivity contribution in [1.29, 1.82) is 0 Å². The Hall–Kier alpha value is -1.66. The molecule has 0 radical (unpaired) electrons. The third-order valence-electron chi connectivity index (χ3n) is 3.82. The maximum atomic E-state index is 12.2. The zero-order valence-corrected chi connectivity index (χ0v) is 14.7. The van der Waals surface area contributed by atoms with E-state index in [9.17, 15) is 9.59 Å². The molecule has 2 aromatic rings. The van der Waals surface area contributed by atoms with Gasteiger partial charge in [0.1, 0.15) is 0 Å². The molecule has 0 N–H and O–H groups in total. The highest BCUT2D eigenvalue weighted by Gasteiger charge is 2.30. The molecule has 0 saturated carbocycles. The number of thiazole rings is 1. The number of carbonyl (C=O) groups excluding carboxylic acids is 2. The Labute approximate surface area is 143 Å². The number of carbonyl (C=O) groups is 2. The molecule has 1 saturated heterocycles. The van der Waals surface area contributed by atoms with Crippen molar-refractivity contribution in [3.05, 3.63) is 34.7 Å². The van der Waals surface area contributed by atoms with E-state index < -0.39 is 0 Å². The lowest BCUT2D eigenvalue weighted by molar-refractivity contribution is -0.117. The van der Waals surface area contributed by atoms with Crippen LogP contribution in [0.15, 0.2) is 29.6 Å². The van der Waals surface area contributed by atoms with Gasteiger partial charge in [-0.25, -0.2) is 4.98 Å². The Morgan fingerprint density at radius 3 is 2.74 bits per heavy atom. The van der Waals surface area contributed by atoms with Gasteiger partial charge in [-0.15, -0.1) is 11.3 Å². The standard InChI is InChI=1S/C17H18N2O2S2/c1-11-18-16(10-22-11)14-3-5-15(6-4-14)19-8-13(7-17(19)21)9-23-12(2)20/h3-6,10,13H,7-9H2,1-2H3. The lowest BCUT2D eigenvalue weighted by Gasteiger charge is -2.17. The van der Waals surface area contributed by atoms with E-state index in [1.165, 1.54) is 11.8 Å². The number of hydrogen-bond donors (Lipinski definition) is 0. The fourth-order valence-electron chi connectivity index (χ4n) is 2.69. The Bertz CT molecular complexity index is 724. The highest BCUT2D eigenvalue weighted by Crippen LogP contribution is 2.29. The molecule has 0 spiro atoms. The van der Waals surface area contributed by atoms with Crippen LogP contribution in [0, 0.1) is 12.8 Å².